The first-order valence-electron chi connectivity index (χ1n) is 6.60. The van der Waals surface area contributed by atoms with Crippen molar-refractivity contribution in [3.63, 3.8) is 0 Å². The zero-order chi connectivity index (χ0) is 16.2. The van der Waals surface area contributed by atoms with Crippen LogP contribution in [0.3, 0.4) is 0 Å². The number of carbonyl (C=O) groups excluding carboxylic acids is 1. The molecule has 1 aromatic carbocycles. The van der Waals surface area contributed by atoms with E-state index in [0.29, 0.717) is 19.3 Å². The van der Waals surface area contributed by atoms with E-state index < -0.39 is 31.6 Å². The summed E-state index contributed by atoms with van der Waals surface area (Å²) in [5, 5.41) is 11.0. The normalized spacial score (nSPS) is 29.1. The quantitative estimate of drug-likeness (QED) is 0.489. The SMILES string of the molecule is COC(=O)C12CC(NS(=O)(=O)c3ccccc3[N+](=O)[O-])(C1)C2. The average molecular weight is 326 g/mol. The fraction of sp³-hybridized carbons (Fsp3) is 0.462. The highest BCUT2D eigenvalue weighted by Gasteiger charge is 2.73. The Labute approximate surface area is 126 Å². The minimum absolute atomic E-state index is 0.334. The van der Waals surface area contributed by atoms with Crippen molar-refractivity contribution in [3.8, 4) is 0 Å². The summed E-state index contributed by atoms with van der Waals surface area (Å²) in [7, 11) is -2.72. The summed E-state index contributed by atoms with van der Waals surface area (Å²) >= 11 is 0. The number of nitro benzene ring substituents is 1. The van der Waals surface area contributed by atoms with Crippen molar-refractivity contribution >= 4 is 21.7 Å². The third-order valence-electron chi connectivity index (χ3n) is 4.35. The van der Waals surface area contributed by atoms with E-state index in [4.69, 9.17) is 4.74 Å². The number of benzene rings is 1. The van der Waals surface area contributed by atoms with Gasteiger partial charge in [-0.2, -0.15) is 0 Å². The Balaban J connectivity index is 1.81. The predicted octanol–water partition coefficient (Wildman–Crippen LogP) is 0.969. The van der Waals surface area contributed by atoms with E-state index in [2.05, 4.69) is 4.72 Å². The number of rotatable bonds is 5. The standard InChI is InChI=1S/C13H14N2O6S/c1-21-11(16)12-6-13(7-12,8-12)14-22(19,20)10-5-3-2-4-9(10)15(17)18/h2-5,14H,6-8H2,1H3. The van der Waals surface area contributed by atoms with Crippen LogP contribution in [0.4, 0.5) is 5.69 Å². The average Bonchev–Trinajstić information content (AvgIpc) is 2.40. The maximum Gasteiger partial charge on any atom is 0.312 e. The van der Waals surface area contributed by atoms with Gasteiger partial charge >= 0.3 is 5.97 Å². The van der Waals surface area contributed by atoms with Gasteiger partial charge in [-0.1, -0.05) is 12.1 Å². The topological polar surface area (TPSA) is 116 Å². The second-order valence-corrected chi connectivity index (χ2v) is 7.56. The molecular formula is C13H14N2O6S. The molecule has 0 atom stereocenters. The van der Waals surface area contributed by atoms with E-state index in [1.807, 2.05) is 0 Å². The van der Waals surface area contributed by atoms with Gasteiger partial charge in [0.15, 0.2) is 4.90 Å². The molecule has 0 radical (unpaired) electrons. The lowest BCUT2D eigenvalue weighted by atomic mass is 9.40. The third-order valence-corrected chi connectivity index (χ3v) is 5.98. The van der Waals surface area contributed by atoms with Gasteiger partial charge < -0.3 is 4.74 Å². The molecule has 4 rings (SSSR count). The number of nitrogens with one attached hydrogen (secondary N) is 1. The van der Waals surface area contributed by atoms with Crippen LogP contribution in [-0.4, -0.2) is 32.0 Å². The van der Waals surface area contributed by atoms with Crippen molar-refractivity contribution in [3.05, 3.63) is 34.4 Å². The molecule has 3 aliphatic carbocycles. The van der Waals surface area contributed by atoms with Gasteiger partial charge in [0.25, 0.3) is 5.69 Å². The Kier molecular flexibility index (Phi) is 3.05. The summed E-state index contributed by atoms with van der Waals surface area (Å²) in [6, 6.07) is 5.18. The first-order valence-corrected chi connectivity index (χ1v) is 8.08. The van der Waals surface area contributed by atoms with Crippen LogP contribution in [0.25, 0.3) is 0 Å². The molecule has 8 nitrogen and oxygen atoms in total. The van der Waals surface area contributed by atoms with Crippen molar-refractivity contribution in [1.29, 1.82) is 0 Å². The summed E-state index contributed by atoms with van der Waals surface area (Å²) in [6.07, 6.45) is 1.10. The van der Waals surface area contributed by atoms with Crippen molar-refractivity contribution in [2.45, 2.75) is 29.7 Å². The molecule has 1 aromatic rings. The summed E-state index contributed by atoms with van der Waals surface area (Å²) in [6.45, 7) is 0. The molecule has 9 heteroatoms. The lowest BCUT2D eigenvalue weighted by molar-refractivity contribution is -0.387. The molecule has 118 valence electrons. The van der Waals surface area contributed by atoms with Crippen LogP contribution in [0, 0.1) is 15.5 Å². The molecule has 0 amide bonds. The fourth-order valence-electron chi connectivity index (χ4n) is 3.50. The number of esters is 1. The molecule has 3 aliphatic rings. The highest BCUT2D eigenvalue weighted by Crippen LogP contribution is 2.68. The Hall–Kier alpha value is -2.00. The third kappa shape index (κ3) is 2.00. The van der Waals surface area contributed by atoms with E-state index in [-0.39, 0.29) is 10.9 Å². The number of para-hydroxylation sites is 1. The monoisotopic (exact) mass is 326 g/mol. The highest BCUT2D eigenvalue weighted by molar-refractivity contribution is 7.89. The van der Waals surface area contributed by atoms with Crippen LogP contribution in [-0.2, 0) is 19.6 Å². The van der Waals surface area contributed by atoms with Crippen molar-refractivity contribution in [1.82, 2.24) is 4.72 Å². The lowest BCUT2D eigenvalue weighted by Gasteiger charge is -2.67. The number of methoxy groups -OCH3 is 1. The lowest BCUT2D eigenvalue weighted by Crippen LogP contribution is -2.77. The second-order valence-electron chi connectivity index (χ2n) is 5.91. The molecule has 0 aliphatic heterocycles. The van der Waals surface area contributed by atoms with Gasteiger partial charge in [0.1, 0.15) is 0 Å². The maximum absolute atomic E-state index is 12.4. The van der Waals surface area contributed by atoms with Crippen molar-refractivity contribution < 1.29 is 22.9 Å². The van der Waals surface area contributed by atoms with Gasteiger partial charge in [-0.05, 0) is 25.3 Å². The van der Waals surface area contributed by atoms with Gasteiger partial charge in [0.2, 0.25) is 10.0 Å². The number of nitrogens with zero attached hydrogens (tertiary/aromatic N) is 1. The summed E-state index contributed by atoms with van der Waals surface area (Å²) in [5.74, 6) is -0.334. The van der Waals surface area contributed by atoms with Crippen LogP contribution in [0.5, 0.6) is 0 Å². The van der Waals surface area contributed by atoms with Gasteiger partial charge in [0.05, 0.1) is 17.4 Å². The molecule has 0 saturated heterocycles. The Morgan fingerprint density at radius 3 is 2.45 bits per heavy atom. The van der Waals surface area contributed by atoms with E-state index in [9.17, 15) is 23.3 Å². The zero-order valence-corrected chi connectivity index (χ0v) is 12.6. The maximum atomic E-state index is 12.4. The summed E-state index contributed by atoms with van der Waals surface area (Å²) < 4.78 is 32.0. The number of hydrogen-bond acceptors (Lipinski definition) is 6. The molecule has 0 aromatic heterocycles. The van der Waals surface area contributed by atoms with Crippen LogP contribution in [0.15, 0.2) is 29.2 Å². The van der Waals surface area contributed by atoms with Gasteiger partial charge in [0, 0.05) is 11.6 Å². The number of hydrogen-bond donors (Lipinski definition) is 1. The first-order chi connectivity index (χ1) is 10.2. The molecule has 0 spiro atoms. The van der Waals surface area contributed by atoms with Crippen LogP contribution < -0.4 is 4.72 Å². The Morgan fingerprint density at radius 2 is 1.91 bits per heavy atom. The summed E-state index contributed by atoms with van der Waals surface area (Å²) in [4.78, 5) is 21.5. The smallest absolute Gasteiger partial charge is 0.312 e. The number of nitro groups is 1. The van der Waals surface area contributed by atoms with E-state index in [1.165, 1.54) is 25.3 Å². The van der Waals surface area contributed by atoms with Crippen LogP contribution >= 0.6 is 0 Å². The molecule has 3 saturated carbocycles. The van der Waals surface area contributed by atoms with Crippen LogP contribution in [0.1, 0.15) is 19.3 Å². The first kappa shape index (κ1) is 14.9. The van der Waals surface area contributed by atoms with Gasteiger partial charge in [-0.3, -0.25) is 14.9 Å². The predicted molar refractivity (Wildman–Crippen MR) is 74.4 cm³/mol. The minimum atomic E-state index is -4.02. The molecule has 0 unspecified atom stereocenters. The van der Waals surface area contributed by atoms with Gasteiger partial charge in [-0.25, -0.2) is 13.1 Å². The minimum Gasteiger partial charge on any atom is -0.469 e. The van der Waals surface area contributed by atoms with Gasteiger partial charge in [-0.15, -0.1) is 0 Å². The number of sulfonamides is 1. The van der Waals surface area contributed by atoms with E-state index >= 15 is 0 Å². The largest absolute Gasteiger partial charge is 0.469 e. The molecule has 1 N–H and O–H groups in total. The zero-order valence-electron chi connectivity index (χ0n) is 11.7. The van der Waals surface area contributed by atoms with E-state index in [1.54, 1.807) is 0 Å². The second kappa shape index (κ2) is 4.50. The van der Waals surface area contributed by atoms with Crippen molar-refractivity contribution in [2.24, 2.45) is 5.41 Å². The molecular weight excluding hydrogens is 312 g/mol. The van der Waals surface area contributed by atoms with Crippen LogP contribution in [0.2, 0.25) is 0 Å². The molecule has 2 bridgehead atoms. The Morgan fingerprint density at radius 1 is 1.32 bits per heavy atom. The highest BCUT2D eigenvalue weighted by atomic mass is 32.2. The summed E-state index contributed by atoms with van der Waals surface area (Å²) in [5.41, 5.74) is -1.74. The number of ether oxygens (including phenoxy) is 1. The van der Waals surface area contributed by atoms with E-state index in [0.717, 1.165) is 6.07 Å². The fourth-order valence-corrected chi connectivity index (χ4v) is 5.08. The molecule has 0 heterocycles. The Bertz CT molecular complexity index is 753. The molecule has 22 heavy (non-hydrogen) atoms. The number of carbonyl (C=O) groups is 1. The van der Waals surface area contributed by atoms with Crippen molar-refractivity contribution in [2.75, 3.05) is 7.11 Å². The molecule has 3 fully saturated rings.